The highest BCUT2D eigenvalue weighted by Gasteiger charge is 2.20. The zero-order chi connectivity index (χ0) is 19.5. The Labute approximate surface area is 154 Å². The first-order valence-corrected chi connectivity index (χ1v) is 9.20. The van der Waals surface area contributed by atoms with Crippen molar-refractivity contribution in [2.45, 2.75) is 64.7 Å². The van der Waals surface area contributed by atoms with Crippen molar-refractivity contribution in [2.24, 2.45) is 5.73 Å². The first-order chi connectivity index (χ1) is 12.4. The van der Waals surface area contributed by atoms with Crippen molar-refractivity contribution in [3.8, 4) is 17.2 Å². The van der Waals surface area contributed by atoms with E-state index in [1.165, 1.54) is 42.7 Å². The Morgan fingerprint density at radius 3 is 1.92 bits per heavy atom. The fraction of sp³-hybridized carbons (Fsp3) is 0.579. The van der Waals surface area contributed by atoms with E-state index >= 15 is 0 Å². The van der Waals surface area contributed by atoms with Gasteiger partial charge in [-0.05, 0) is 6.42 Å². The molecule has 1 aromatic carbocycles. The van der Waals surface area contributed by atoms with Gasteiger partial charge in [0.25, 0.3) is 0 Å². The number of rotatable bonds is 12. The van der Waals surface area contributed by atoms with Gasteiger partial charge >= 0.3 is 0 Å². The molecule has 0 radical (unpaired) electrons. The van der Waals surface area contributed by atoms with Gasteiger partial charge in [-0.1, -0.05) is 51.9 Å². The summed E-state index contributed by atoms with van der Waals surface area (Å²) >= 11 is 0. The Morgan fingerprint density at radius 2 is 1.42 bits per heavy atom. The van der Waals surface area contributed by atoms with Crippen molar-refractivity contribution in [3.05, 3.63) is 12.1 Å². The molecule has 0 atom stereocenters. The summed E-state index contributed by atoms with van der Waals surface area (Å²) in [6.07, 6.45) is 8.32. The Kier molecular flexibility index (Phi) is 9.33. The van der Waals surface area contributed by atoms with Crippen LogP contribution in [-0.2, 0) is 9.59 Å². The van der Waals surface area contributed by atoms with E-state index in [-0.39, 0.29) is 5.69 Å². The zero-order valence-electron chi connectivity index (χ0n) is 15.4. The Balaban J connectivity index is 2.66. The maximum atomic E-state index is 12.3. The highest BCUT2D eigenvalue weighted by Crippen LogP contribution is 2.38. The molecule has 0 spiro atoms. The van der Waals surface area contributed by atoms with Crippen LogP contribution in [0.15, 0.2) is 12.1 Å². The van der Waals surface area contributed by atoms with Gasteiger partial charge in [-0.25, -0.2) is 0 Å². The van der Waals surface area contributed by atoms with Crippen molar-refractivity contribution in [2.75, 3.05) is 11.4 Å². The van der Waals surface area contributed by atoms with Crippen LogP contribution >= 0.6 is 0 Å². The van der Waals surface area contributed by atoms with E-state index in [1.807, 2.05) is 0 Å². The number of anilines is 1. The second kappa shape index (κ2) is 11.2. The molecule has 0 aliphatic heterocycles. The van der Waals surface area contributed by atoms with Gasteiger partial charge in [0, 0.05) is 18.7 Å². The minimum Gasteiger partial charge on any atom is -0.504 e. The molecule has 0 saturated heterocycles. The van der Waals surface area contributed by atoms with E-state index in [2.05, 4.69) is 6.92 Å². The number of phenolic OH excluding ortho intramolecular Hbond substituents is 3. The molecule has 0 aliphatic rings. The number of nitrogens with two attached hydrogens (primary N) is 1. The van der Waals surface area contributed by atoms with E-state index in [9.17, 15) is 24.9 Å². The molecule has 1 aromatic rings. The topological polar surface area (TPSA) is 124 Å². The van der Waals surface area contributed by atoms with Gasteiger partial charge in [0.05, 0.1) is 5.69 Å². The third-order valence-electron chi connectivity index (χ3n) is 4.23. The molecule has 0 fully saturated rings. The van der Waals surface area contributed by atoms with Crippen LogP contribution in [0.1, 0.15) is 64.7 Å². The summed E-state index contributed by atoms with van der Waals surface area (Å²) in [5, 5.41) is 28.8. The monoisotopic (exact) mass is 366 g/mol. The van der Waals surface area contributed by atoms with Crippen molar-refractivity contribution in [1.29, 1.82) is 0 Å². The highest BCUT2D eigenvalue weighted by molar-refractivity contribution is 6.04. The number of hydrogen-bond acceptors (Lipinski definition) is 5. The number of hydrogen-bond donors (Lipinski definition) is 4. The fourth-order valence-electron chi connectivity index (χ4n) is 2.79. The van der Waals surface area contributed by atoms with Crippen LogP contribution in [-0.4, -0.2) is 33.7 Å². The van der Waals surface area contributed by atoms with E-state index in [4.69, 9.17) is 5.73 Å². The molecule has 5 N–H and O–H groups in total. The number of nitrogens with zero attached hydrogens (tertiary/aromatic N) is 1. The van der Waals surface area contributed by atoms with Crippen LogP contribution in [0.5, 0.6) is 17.2 Å². The number of aromatic hydroxyl groups is 3. The van der Waals surface area contributed by atoms with E-state index in [0.29, 0.717) is 6.54 Å². The average molecular weight is 366 g/mol. The fourth-order valence-corrected chi connectivity index (χ4v) is 2.79. The van der Waals surface area contributed by atoms with Crippen molar-refractivity contribution >= 4 is 17.5 Å². The molecular weight excluding hydrogens is 336 g/mol. The summed E-state index contributed by atoms with van der Waals surface area (Å²) in [5.41, 5.74) is 5.32. The number of primary amides is 1. The molecule has 2 amide bonds. The van der Waals surface area contributed by atoms with Gasteiger partial charge < -0.3 is 26.0 Å². The van der Waals surface area contributed by atoms with E-state index in [1.54, 1.807) is 0 Å². The van der Waals surface area contributed by atoms with Gasteiger partial charge in [0.1, 0.15) is 6.42 Å². The normalized spacial score (nSPS) is 10.7. The molecule has 0 unspecified atom stereocenters. The maximum Gasteiger partial charge on any atom is 0.236 e. The van der Waals surface area contributed by atoms with Gasteiger partial charge in [0.2, 0.25) is 11.8 Å². The molecule has 0 bridgehead atoms. The van der Waals surface area contributed by atoms with Crippen molar-refractivity contribution in [1.82, 2.24) is 0 Å². The predicted octanol–water partition coefficient (Wildman–Crippen LogP) is 3.15. The largest absolute Gasteiger partial charge is 0.504 e. The standard InChI is InChI=1S/C19H30N2O5/c1-2-3-4-5-6-7-8-9-10-21(18(25)13-17(20)24)14-11-15(22)19(26)16(23)12-14/h11-12,22-23,26H,2-10,13H2,1H3,(H2,20,24). The Bertz CT molecular complexity index is 581. The number of phenols is 3. The summed E-state index contributed by atoms with van der Waals surface area (Å²) < 4.78 is 0. The average Bonchev–Trinajstić information content (AvgIpc) is 2.57. The first-order valence-electron chi connectivity index (χ1n) is 9.20. The highest BCUT2D eigenvalue weighted by atomic mass is 16.3. The molecule has 7 heteroatoms. The molecule has 0 heterocycles. The minimum atomic E-state index is -0.747. The lowest BCUT2D eigenvalue weighted by Crippen LogP contribution is -2.34. The summed E-state index contributed by atoms with van der Waals surface area (Å²) in [5.74, 6) is -2.98. The van der Waals surface area contributed by atoms with Crippen LogP contribution in [0, 0.1) is 0 Å². The van der Waals surface area contributed by atoms with Crippen LogP contribution in [0.2, 0.25) is 0 Å². The lowest BCUT2D eigenvalue weighted by molar-refractivity contribution is -0.126. The number of unbranched alkanes of at least 4 members (excludes halogenated alkanes) is 7. The van der Waals surface area contributed by atoms with Crippen LogP contribution in [0.25, 0.3) is 0 Å². The summed E-state index contributed by atoms with van der Waals surface area (Å²) in [6.45, 7) is 2.52. The van der Waals surface area contributed by atoms with Crippen LogP contribution < -0.4 is 10.6 Å². The molecular formula is C19H30N2O5. The number of carbonyl (C=O) groups is 2. The predicted molar refractivity (Wildman–Crippen MR) is 100 cm³/mol. The lowest BCUT2D eigenvalue weighted by Gasteiger charge is -2.23. The molecule has 0 saturated carbocycles. The summed E-state index contributed by atoms with van der Waals surface area (Å²) in [4.78, 5) is 24.7. The third kappa shape index (κ3) is 7.21. The smallest absolute Gasteiger partial charge is 0.236 e. The number of benzene rings is 1. The molecule has 1 rings (SSSR count). The number of carbonyl (C=O) groups excluding carboxylic acids is 2. The Morgan fingerprint density at radius 1 is 0.923 bits per heavy atom. The molecule has 146 valence electrons. The summed E-state index contributed by atoms with van der Waals surface area (Å²) in [6, 6.07) is 2.36. The molecule has 26 heavy (non-hydrogen) atoms. The van der Waals surface area contributed by atoms with E-state index in [0.717, 1.165) is 25.7 Å². The van der Waals surface area contributed by atoms with Gasteiger partial charge in [0.15, 0.2) is 17.2 Å². The second-order valence-electron chi connectivity index (χ2n) is 6.50. The van der Waals surface area contributed by atoms with Crippen molar-refractivity contribution in [3.63, 3.8) is 0 Å². The third-order valence-corrected chi connectivity index (χ3v) is 4.23. The molecule has 0 aliphatic carbocycles. The zero-order valence-corrected chi connectivity index (χ0v) is 15.4. The first kappa shape index (κ1) is 21.6. The van der Waals surface area contributed by atoms with Gasteiger partial charge in [-0.2, -0.15) is 0 Å². The van der Waals surface area contributed by atoms with Gasteiger partial charge in [-0.3, -0.25) is 9.59 Å². The van der Waals surface area contributed by atoms with Crippen molar-refractivity contribution < 1.29 is 24.9 Å². The SMILES string of the molecule is CCCCCCCCCCN(C(=O)CC(N)=O)c1cc(O)c(O)c(O)c1. The molecule has 0 aromatic heterocycles. The second-order valence-corrected chi connectivity index (χ2v) is 6.50. The maximum absolute atomic E-state index is 12.3. The number of amides is 2. The summed E-state index contributed by atoms with van der Waals surface area (Å²) in [7, 11) is 0. The van der Waals surface area contributed by atoms with Gasteiger partial charge in [-0.15, -0.1) is 0 Å². The van der Waals surface area contributed by atoms with Crippen LogP contribution in [0.3, 0.4) is 0 Å². The molecule has 7 nitrogen and oxygen atoms in total. The quantitative estimate of drug-likeness (QED) is 0.257. The van der Waals surface area contributed by atoms with E-state index < -0.39 is 35.5 Å². The Hall–Kier alpha value is -2.44. The minimum absolute atomic E-state index is 0.215. The van der Waals surface area contributed by atoms with Crippen LogP contribution in [0.4, 0.5) is 5.69 Å². The lowest BCUT2D eigenvalue weighted by atomic mass is 10.1.